The summed E-state index contributed by atoms with van der Waals surface area (Å²) in [5.74, 6) is -0.118. The topological polar surface area (TPSA) is 59.8 Å². The van der Waals surface area contributed by atoms with Gasteiger partial charge in [0, 0.05) is 13.2 Å². The number of hydrogen-bond donors (Lipinski definition) is 1. The molecule has 1 N–H and O–H groups in total. The Hall–Kier alpha value is -1.59. The summed E-state index contributed by atoms with van der Waals surface area (Å²) in [6.45, 7) is 0. The molecule has 1 amide bonds. The molecule has 88 valence electrons. The minimum Gasteiger partial charge on any atom is -0.347 e. The van der Waals surface area contributed by atoms with Gasteiger partial charge in [0.25, 0.3) is 5.91 Å². The van der Waals surface area contributed by atoms with Crippen LogP contribution in [0.3, 0.4) is 0 Å². The molecular weight excluding hydrogens is 263 g/mol. The molecule has 0 bridgehead atoms. The van der Waals surface area contributed by atoms with Crippen molar-refractivity contribution in [2.45, 2.75) is 0 Å². The van der Waals surface area contributed by atoms with Crippen LogP contribution in [0.2, 0.25) is 10.2 Å². The Morgan fingerprint density at radius 3 is 2.82 bits per heavy atom. The molecule has 2 aromatic heterocycles. The maximum absolute atomic E-state index is 11.9. The van der Waals surface area contributed by atoms with Gasteiger partial charge in [0.15, 0.2) is 11.0 Å². The largest absolute Gasteiger partial charge is 0.347 e. The Bertz CT molecular complexity index is 567. The molecule has 0 spiro atoms. The molecule has 0 saturated heterocycles. The molecule has 0 unspecified atom stereocenters. The zero-order chi connectivity index (χ0) is 12.4. The molecule has 0 radical (unpaired) electrons. The minimum absolute atomic E-state index is 0.101. The van der Waals surface area contributed by atoms with Gasteiger partial charge in [0.05, 0.1) is 0 Å². The Balaban J connectivity index is 2.25. The molecular formula is C10H8Cl2N4O. The number of aryl methyl sites for hydroxylation is 1. The second kappa shape index (κ2) is 4.73. The Labute approximate surface area is 107 Å². The molecule has 0 fully saturated rings. The van der Waals surface area contributed by atoms with E-state index in [1.165, 1.54) is 6.33 Å². The maximum atomic E-state index is 11.9. The lowest BCUT2D eigenvalue weighted by molar-refractivity contribution is 0.101. The molecule has 0 aliphatic carbocycles. The highest BCUT2D eigenvalue weighted by atomic mass is 35.5. The number of carbonyl (C=O) groups is 1. The van der Waals surface area contributed by atoms with Gasteiger partial charge in [-0.2, -0.15) is 0 Å². The zero-order valence-corrected chi connectivity index (χ0v) is 10.3. The highest BCUT2D eigenvalue weighted by molar-refractivity contribution is 6.43. The van der Waals surface area contributed by atoms with Gasteiger partial charge in [0.1, 0.15) is 17.0 Å². The molecule has 0 atom stereocenters. The van der Waals surface area contributed by atoms with Crippen LogP contribution in [0.25, 0.3) is 0 Å². The first kappa shape index (κ1) is 11.9. The van der Waals surface area contributed by atoms with E-state index in [9.17, 15) is 4.79 Å². The summed E-state index contributed by atoms with van der Waals surface area (Å²) in [6.07, 6.45) is 3.00. The predicted octanol–water partition coefficient (Wildman–Crippen LogP) is 2.37. The standard InChI is InChI=1S/C10H8Cl2N4O/c1-16-4-2-3-6(16)10(17)15-9-7(11)8(12)13-5-14-9/h2-5H,1H3,(H,13,14,15,17). The van der Waals surface area contributed by atoms with E-state index in [1.54, 1.807) is 29.9 Å². The average Bonchev–Trinajstić information content (AvgIpc) is 2.71. The van der Waals surface area contributed by atoms with Gasteiger partial charge in [-0.25, -0.2) is 9.97 Å². The van der Waals surface area contributed by atoms with Gasteiger partial charge in [0.2, 0.25) is 0 Å². The number of halogens is 2. The average molecular weight is 271 g/mol. The predicted molar refractivity (Wildman–Crippen MR) is 65.4 cm³/mol. The Kier molecular flexibility index (Phi) is 3.31. The molecule has 2 rings (SSSR count). The van der Waals surface area contributed by atoms with Gasteiger partial charge < -0.3 is 9.88 Å². The van der Waals surface area contributed by atoms with Crippen molar-refractivity contribution in [3.63, 3.8) is 0 Å². The van der Waals surface area contributed by atoms with Crippen LogP contribution in [-0.4, -0.2) is 20.4 Å². The van der Waals surface area contributed by atoms with Crippen molar-refractivity contribution >= 4 is 34.9 Å². The number of anilines is 1. The quantitative estimate of drug-likeness (QED) is 0.853. The van der Waals surface area contributed by atoms with Crippen molar-refractivity contribution in [3.05, 3.63) is 40.5 Å². The number of nitrogens with one attached hydrogen (secondary N) is 1. The molecule has 17 heavy (non-hydrogen) atoms. The van der Waals surface area contributed by atoms with Crippen LogP contribution in [0.15, 0.2) is 24.7 Å². The summed E-state index contributed by atoms with van der Waals surface area (Å²) in [7, 11) is 1.77. The summed E-state index contributed by atoms with van der Waals surface area (Å²) >= 11 is 11.6. The molecule has 0 saturated carbocycles. The highest BCUT2D eigenvalue weighted by Crippen LogP contribution is 2.25. The van der Waals surface area contributed by atoms with Crippen LogP contribution < -0.4 is 5.32 Å². The van der Waals surface area contributed by atoms with Crippen LogP contribution in [-0.2, 0) is 7.05 Å². The summed E-state index contributed by atoms with van der Waals surface area (Å²) in [5, 5.41) is 2.79. The van der Waals surface area contributed by atoms with Gasteiger partial charge in [-0.05, 0) is 12.1 Å². The van der Waals surface area contributed by atoms with Crippen molar-refractivity contribution in [2.24, 2.45) is 7.05 Å². The van der Waals surface area contributed by atoms with E-state index in [0.29, 0.717) is 5.69 Å². The van der Waals surface area contributed by atoms with Gasteiger partial charge >= 0.3 is 0 Å². The van der Waals surface area contributed by atoms with Crippen molar-refractivity contribution in [3.8, 4) is 0 Å². The smallest absolute Gasteiger partial charge is 0.273 e. The fourth-order valence-corrected chi connectivity index (χ4v) is 1.58. The number of carbonyl (C=O) groups excluding carboxylic acids is 1. The van der Waals surface area contributed by atoms with E-state index in [2.05, 4.69) is 15.3 Å². The fourth-order valence-electron chi connectivity index (χ4n) is 1.30. The molecule has 0 aliphatic heterocycles. The molecule has 2 heterocycles. The van der Waals surface area contributed by atoms with E-state index >= 15 is 0 Å². The molecule has 5 nitrogen and oxygen atoms in total. The maximum Gasteiger partial charge on any atom is 0.273 e. The van der Waals surface area contributed by atoms with Gasteiger partial charge in [-0.3, -0.25) is 4.79 Å². The third-order valence-electron chi connectivity index (χ3n) is 2.16. The first-order chi connectivity index (χ1) is 8.09. The zero-order valence-electron chi connectivity index (χ0n) is 8.82. The van der Waals surface area contributed by atoms with E-state index in [4.69, 9.17) is 23.2 Å². The number of rotatable bonds is 2. The van der Waals surface area contributed by atoms with Crippen LogP contribution in [0.5, 0.6) is 0 Å². The minimum atomic E-state index is -0.311. The second-order valence-electron chi connectivity index (χ2n) is 3.29. The van der Waals surface area contributed by atoms with Crippen LogP contribution in [0.1, 0.15) is 10.5 Å². The number of aromatic nitrogens is 3. The highest BCUT2D eigenvalue weighted by Gasteiger charge is 2.13. The Morgan fingerprint density at radius 2 is 2.18 bits per heavy atom. The lowest BCUT2D eigenvalue weighted by Crippen LogP contribution is -2.16. The molecule has 7 heteroatoms. The van der Waals surface area contributed by atoms with E-state index < -0.39 is 0 Å². The van der Waals surface area contributed by atoms with Crippen LogP contribution >= 0.6 is 23.2 Å². The summed E-state index contributed by atoms with van der Waals surface area (Å²) in [4.78, 5) is 19.4. The van der Waals surface area contributed by atoms with Crippen LogP contribution in [0, 0.1) is 0 Å². The second-order valence-corrected chi connectivity index (χ2v) is 4.02. The number of nitrogens with zero attached hydrogens (tertiary/aromatic N) is 3. The number of hydrogen-bond acceptors (Lipinski definition) is 3. The summed E-state index contributed by atoms with van der Waals surface area (Å²) < 4.78 is 1.69. The molecule has 0 aromatic carbocycles. The van der Waals surface area contributed by atoms with E-state index in [1.807, 2.05) is 0 Å². The van der Waals surface area contributed by atoms with Crippen molar-refractivity contribution in [1.82, 2.24) is 14.5 Å². The normalized spacial score (nSPS) is 10.3. The Morgan fingerprint density at radius 1 is 1.41 bits per heavy atom. The first-order valence-corrected chi connectivity index (χ1v) is 5.44. The van der Waals surface area contributed by atoms with E-state index in [0.717, 1.165) is 0 Å². The van der Waals surface area contributed by atoms with Gasteiger partial charge in [-0.15, -0.1) is 0 Å². The van der Waals surface area contributed by atoms with E-state index in [-0.39, 0.29) is 21.9 Å². The fraction of sp³-hybridized carbons (Fsp3) is 0.100. The third kappa shape index (κ3) is 2.40. The summed E-state index contributed by atoms with van der Waals surface area (Å²) in [6, 6.07) is 3.45. The monoisotopic (exact) mass is 270 g/mol. The van der Waals surface area contributed by atoms with Crippen molar-refractivity contribution in [2.75, 3.05) is 5.32 Å². The SMILES string of the molecule is Cn1cccc1C(=O)Nc1ncnc(Cl)c1Cl. The molecule has 2 aromatic rings. The number of amides is 1. The molecule has 0 aliphatic rings. The lowest BCUT2D eigenvalue weighted by Gasteiger charge is -2.06. The first-order valence-electron chi connectivity index (χ1n) is 4.68. The van der Waals surface area contributed by atoms with Crippen molar-refractivity contribution < 1.29 is 4.79 Å². The van der Waals surface area contributed by atoms with Crippen molar-refractivity contribution in [1.29, 1.82) is 0 Å². The third-order valence-corrected chi connectivity index (χ3v) is 2.90. The summed E-state index contributed by atoms with van der Waals surface area (Å²) in [5.41, 5.74) is 0.496. The van der Waals surface area contributed by atoms with Gasteiger partial charge in [-0.1, -0.05) is 23.2 Å². The van der Waals surface area contributed by atoms with Crippen LogP contribution in [0.4, 0.5) is 5.82 Å². The lowest BCUT2D eigenvalue weighted by atomic mass is 10.4.